The van der Waals surface area contributed by atoms with E-state index in [1.54, 1.807) is 6.07 Å². The molecule has 1 aromatic rings. The molecular weight excluding hydrogens is 126 g/mol. The topological polar surface area (TPSA) is 0 Å². The van der Waals surface area contributed by atoms with Crippen LogP contribution in [0.15, 0.2) is 24.3 Å². The van der Waals surface area contributed by atoms with Crippen LogP contribution in [0.25, 0.3) is 0 Å². The van der Waals surface area contributed by atoms with Gasteiger partial charge in [-0.25, -0.2) is 4.39 Å². The molecule has 0 aliphatic carbocycles. The predicted octanol–water partition coefficient (Wildman–Crippen LogP) is 2.06. The molecule has 0 aromatic heterocycles. The molecule has 0 N–H and O–H groups in total. The molecule has 1 unspecified atom stereocenters. The van der Waals surface area contributed by atoms with Crippen LogP contribution in [0, 0.1) is 5.82 Å². The van der Waals surface area contributed by atoms with E-state index in [4.69, 9.17) is 7.85 Å². The Morgan fingerprint density at radius 1 is 1.50 bits per heavy atom. The molecule has 0 saturated carbocycles. The van der Waals surface area contributed by atoms with Gasteiger partial charge in [0.05, 0.1) is 7.85 Å². The van der Waals surface area contributed by atoms with Crippen molar-refractivity contribution in [3.05, 3.63) is 35.6 Å². The Balaban J connectivity index is 2.96. The van der Waals surface area contributed by atoms with Crippen LogP contribution >= 0.6 is 0 Å². The standard InChI is InChI=1S/C8H8BF/c1-6(9)7-3-2-4-8(10)5-7/h2-6H,1H3. The van der Waals surface area contributed by atoms with Gasteiger partial charge in [-0.05, 0) is 12.1 Å². The first-order valence-corrected chi connectivity index (χ1v) is 3.21. The normalized spacial score (nSPS) is 13.0. The van der Waals surface area contributed by atoms with Crippen molar-refractivity contribution >= 4 is 7.85 Å². The fourth-order valence-corrected chi connectivity index (χ4v) is 0.790. The molecule has 0 spiro atoms. The zero-order chi connectivity index (χ0) is 7.56. The smallest absolute Gasteiger partial charge is 0.123 e. The number of hydrogen-bond donors (Lipinski definition) is 0. The lowest BCUT2D eigenvalue weighted by Crippen LogP contribution is -1.91. The van der Waals surface area contributed by atoms with Crippen molar-refractivity contribution in [1.82, 2.24) is 0 Å². The number of rotatable bonds is 1. The first-order valence-electron chi connectivity index (χ1n) is 3.21. The van der Waals surface area contributed by atoms with Crippen molar-refractivity contribution < 1.29 is 4.39 Å². The lowest BCUT2D eigenvalue weighted by molar-refractivity contribution is 0.625. The van der Waals surface area contributed by atoms with Crippen LogP contribution in [0.5, 0.6) is 0 Å². The van der Waals surface area contributed by atoms with Gasteiger partial charge in [0.2, 0.25) is 0 Å². The van der Waals surface area contributed by atoms with E-state index in [2.05, 4.69) is 0 Å². The molecule has 1 aromatic carbocycles. The van der Waals surface area contributed by atoms with Crippen molar-refractivity contribution in [2.24, 2.45) is 0 Å². The lowest BCUT2D eigenvalue weighted by atomic mass is 9.83. The van der Waals surface area contributed by atoms with E-state index < -0.39 is 0 Å². The van der Waals surface area contributed by atoms with Crippen LogP contribution in [0.3, 0.4) is 0 Å². The van der Waals surface area contributed by atoms with Gasteiger partial charge in [0.1, 0.15) is 5.82 Å². The van der Waals surface area contributed by atoms with Crippen LogP contribution in [-0.4, -0.2) is 7.85 Å². The Morgan fingerprint density at radius 2 is 2.20 bits per heavy atom. The molecule has 50 valence electrons. The SMILES string of the molecule is [B]C(C)c1cccc(F)c1. The Morgan fingerprint density at radius 3 is 2.60 bits per heavy atom. The second-order valence-electron chi connectivity index (χ2n) is 2.34. The molecule has 2 heteroatoms. The summed E-state index contributed by atoms with van der Waals surface area (Å²) in [5, 5.41) is 0. The van der Waals surface area contributed by atoms with Gasteiger partial charge >= 0.3 is 0 Å². The highest BCUT2D eigenvalue weighted by Crippen LogP contribution is 2.11. The maximum Gasteiger partial charge on any atom is 0.123 e. The molecule has 1 rings (SSSR count). The third-order valence-electron chi connectivity index (χ3n) is 1.37. The minimum atomic E-state index is -0.227. The van der Waals surface area contributed by atoms with E-state index in [9.17, 15) is 4.39 Å². The Labute approximate surface area is 61.5 Å². The van der Waals surface area contributed by atoms with Crippen molar-refractivity contribution in [3.63, 3.8) is 0 Å². The molecule has 1 atom stereocenters. The number of hydrogen-bond acceptors (Lipinski definition) is 0. The first-order chi connectivity index (χ1) is 4.70. The molecular formula is C8H8BF. The van der Waals surface area contributed by atoms with Gasteiger partial charge in [-0.2, -0.15) is 0 Å². The summed E-state index contributed by atoms with van der Waals surface area (Å²) in [5.41, 5.74) is 0.833. The van der Waals surface area contributed by atoms with E-state index in [1.165, 1.54) is 12.1 Å². The molecule has 0 nitrogen and oxygen atoms in total. The van der Waals surface area contributed by atoms with E-state index in [0.29, 0.717) is 0 Å². The first kappa shape index (κ1) is 7.32. The minimum Gasteiger partial charge on any atom is -0.207 e. The van der Waals surface area contributed by atoms with E-state index in [0.717, 1.165) is 5.56 Å². The number of benzene rings is 1. The molecule has 0 amide bonds. The Hall–Kier alpha value is -0.785. The van der Waals surface area contributed by atoms with Crippen molar-refractivity contribution in [2.75, 3.05) is 0 Å². The summed E-state index contributed by atoms with van der Waals surface area (Å²) in [6, 6.07) is 6.33. The summed E-state index contributed by atoms with van der Waals surface area (Å²) in [7, 11) is 5.52. The molecule has 0 aliphatic heterocycles. The monoisotopic (exact) mass is 134 g/mol. The van der Waals surface area contributed by atoms with Gasteiger partial charge in [0.15, 0.2) is 0 Å². The molecule has 0 saturated heterocycles. The van der Waals surface area contributed by atoms with Crippen LogP contribution in [0.1, 0.15) is 18.3 Å². The summed E-state index contributed by atoms with van der Waals surface area (Å²) in [4.78, 5) is 0. The quantitative estimate of drug-likeness (QED) is 0.515. The maximum atomic E-state index is 12.5. The second-order valence-corrected chi connectivity index (χ2v) is 2.34. The highest BCUT2D eigenvalue weighted by molar-refractivity contribution is 6.12. The molecule has 0 fully saturated rings. The van der Waals surface area contributed by atoms with Gasteiger partial charge in [0.25, 0.3) is 0 Å². The summed E-state index contributed by atoms with van der Waals surface area (Å²) in [5.74, 6) is -0.314. The molecule has 0 bridgehead atoms. The zero-order valence-electron chi connectivity index (χ0n) is 5.84. The highest BCUT2D eigenvalue weighted by atomic mass is 19.1. The molecule has 2 radical (unpaired) electrons. The van der Waals surface area contributed by atoms with E-state index in [-0.39, 0.29) is 11.6 Å². The summed E-state index contributed by atoms with van der Waals surface area (Å²) >= 11 is 0. The minimum absolute atomic E-state index is 0.0873. The average molecular weight is 134 g/mol. The second kappa shape index (κ2) is 2.87. The third-order valence-corrected chi connectivity index (χ3v) is 1.37. The molecule has 0 heterocycles. The maximum absolute atomic E-state index is 12.5. The number of halogens is 1. The fraction of sp³-hybridized carbons (Fsp3) is 0.250. The summed E-state index contributed by atoms with van der Waals surface area (Å²) < 4.78 is 12.5. The zero-order valence-corrected chi connectivity index (χ0v) is 5.84. The summed E-state index contributed by atoms with van der Waals surface area (Å²) in [6.07, 6.45) is 0. The van der Waals surface area contributed by atoms with Crippen molar-refractivity contribution in [2.45, 2.75) is 12.7 Å². The fourth-order valence-electron chi connectivity index (χ4n) is 0.790. The summed E-state index contributed by atoms with van der Waals surface area (Å²) in [6.45, 7) is 1.83. The van der Waals surface area contributed by atoms with Gasteiger partial charge in [0, 0.05) is 0 Å². The van der Waals surface area contributed by atoms with Crippen molar-refractivity contribution in [1.29, 1.82) is 0 Å². The molecule has 0 aliphatic rings. The van der Waals surface area contributed by atoms with Crippen molar-refractivity contribution in [3.8, 4) is 0 Å². The Bertz CT molecular complexity index is 220. The molecule has 10 heavy (non-hydrogen) atoms. The van der Waals surface area contributed by atoms with E-state index >= 15 is 0 Å². The van der Waals surface area contributed by atoms with E-state index in [1.807, 2.05) is 13.0 Å². The largest absolute Gasteiger partial charge is 0.207 e. The average Bonchev–Trinajstić information content (AvgIpc) is 1.88. The van der Waals surface area contributed by atoms with Gasteiger partial charge < -0.3 is 0 Å². The lowest BCUT2D eigenvalue weighted by Gasteiger charge is -2.03. The third kappa shape index (κ3) is 1.60. The van der Waals surface area contributed by atoms with Crippen LogP contribution in [0.2, 0.25) is 0 Å². The highest BCUT2D eigenvalue weighted by Gasteiger charge is 1.97. The Kier molecular flexibility index (Phi) is 2.10. The van der Waals surface area contributed by atoms with Gasteiger partial charge in [-0.1, -0.05) is 30.4 Å². The van der Waals surface area contributed by atoms with Crippen LogP contribution < -0.4 is 0 Å². The van der Waals surface area contributed by atoms with Crippen LogP contribution in [0.4, 0.5) is 4.39 Å². The van der Waals surface area contributed by atoms with Crippen LogP contribution in [-0.2, 0) is 0 Å². The predicted molar refractivity (Wildman–Crippen MR) is 40.6 cm³/mol. The van der Waals surface area contributed by atoms with Gasteiger partial charge in [-0.15, -0.1) is 0 Å². The van der Waals surface area contributed by atoms with Gasteiger partial charge in [-0.3, -0.25) is 0 Å².